The van der Waals surface area contributed by atoms with Gasteiger partial charge in [0, 0.05) is 7.05 Å². The minimum Gasteiger partial charge on any atom is -0.364 e. The number of hydrogen-bond donors (Lipinski definition) is 2. The Kier molecular flexibility index (Phi) is 5.28. The monoisotopic (exact) mass is 185 g/mol. The summed E-state index contributed by atoms with van der Waals surface area (Å²) in [5.41, 5.74) is 4.83. The van der Waals surface area contributed by atoms with Crippen LogP contribution in [0, 0.1) is 0 Å². The molecule has 0 aromatic rings. The molecule has 0 radical (unpaired) electrons. The van der Waals surface area contributed by atoms with E-state index < -0.39 is 0 Å². The van der Waals surface area contributed by atoms with Gasteiger partial charge in [-0.3, -0.25) is 5.43 Å². The van der Waals surface area contributed by atoms with Gasteiger partial charge in [-0.25, -0.2) is 0 Å². The van der Waals surface area contributed by atoms with Gasteiger partial charge in [-0.2, -0.15) is 5.10 Å². The molecule has 0 atom stereocenters. The molecule has 0 heterocycles. The third-order valence-electron chi connectivity index (χ3n) is 1.06. The standard InChI is InChI=1S/C8H15N3S/c1-6(2)5-7(3)10-11-8(12)9-4/h5H,1-4H3,(H2,9,11,12)/b10-7-. The first kappa shape index (κ1) is 11.1. The van der Waals surface area contributed by atoms with Gasteiger partial charge in [-0.15, -0.1) is 0 Å². The minimum atomic E-state index is 0.525. The maximum absolute atomic E-state index is 4.84. The molecule has 0 aliphatic rings. The Labute approximate surface area is 78.9 Å². The zero-order chi connectivity index (χ0) is 9.56. The zero-order valence-corrected chi connectivity index (χ0v) is 8.75. The van der Waals surface area contributed by atoms with Crippen molar-refractivity contribution in [2.24, 2.45) is 5.10 Å². The van der Waals surface area contributed by atoms with E-state index in [9.17, 15) is 0 Å². The minimum absolute atomic E-state index is 0.525. The van der Waals surface area contributed by atoms with E-state index >= 15 is 0 Å². The summed E-state index contributed by atoms with van der Waals surface area (Å²) in [6.07, 6.45) is 1.98. The summed E-state index contributed by atoms with van der Waals surface area (Å²) in [6, 6.07) is 0. The van der Waals surface area contributed by atoms with E-state index in [1.165, 1.54) is 5.57 Å². The number of nitrogens with one attached hydrogen (secondary N) is 2. The quantitative estimate of drug-likeness (QED) is 0.388. The number of hydrazone groups is 1. The van der Waals surface area contributed by atoms with Crippen molar-refractivity contribution in [2.45, 2.75) is 20.8 Å². The van der Waals surface area contributed by atoms with E-state index in [-0.39, 0.29) is 0 Å². The normalized spacial score (nSPS) is 10.5. The first-order valence-corrected chi connectivity index (χ1v) is 4.14. The molecule has 12 heavy (non-hydrogen) atoms. The highest BCUT2D eigenvalue weighted by molar-refractivity contribution is 7.80. The lowest BCUT2D eigenvalue weighted by Gasteiger charge is -2.00. The molecule has 0 saturated heterocycles. The fourth-order valence-electron chi connectivity index (χ4n) is 0.645. The molecule has 0 amide bonds. The van der Waals surface area contributed by atoms with Crippen molar-refractivity contribution in [1.29, 1.82) is 0 Å². The van der Waals surface area contributed by atoms with Crippen molar-refractivity contribution < 1.29 is 0 Å². The molecule has 0 aromatic heterocycles. The highest BCUT2D eigenvalue weighted by Gasteiger charge is 1.87. The predicted octanol–water partition coefficient (Wildman–Crippen LogP) is 1.42. The van der Waals surface area contributed by atoms with Crippen LogP contribution in [-0.2, 0) is 0 Å². The molecule has 0 saturated carbocycles. The average Bonchev–Trinajstić information content (AvgIpc) is 1.99. The zero-order valence-electron chi connectivity index (χ0n) is 7.93. The van der Waals surface area contributed by atoms with Crippen molar-refractivity contribution in [2.75, 3.05) is 7.05 Å². The molecule has 68 valence electrons. The second-order valence-corrected chi connectivity index (χ2v) is 3.07. The van der Waals surface area contributed by atoms with E-state index in [0.29, 0.717) is 5.11 Å². The number of nitrogens with zero attached hydrogens (tertiary/aromatic N) is 1. The van der Waals surface area contributed by atoms with Crippen LogP contribution >= 0.6 is 12.2 Å². The first-order valence-electron chi connectivity index (χ1n) is 3.73. The lowest BCUT2D eigenvalue weighted by molar-refractivity contribution is 0.975. The van der Waals surface area contributed by atoms with Crippen molar-refractivity contribution in [3.05, 3.63) is 11.6 Å². The Morgan fingerprint density at radius 3 is 2.33 bits per heavy atom. The van der Waals surface area contributed by atoms with Crippen LogP contribution in [0.4, 0.5) is 0 Å². The molecular formula is C8H15N3S. The Bertz CT molecular complexity index is 214. The third kappa shape index (κ3) is 5.85. The highest BCUT2D eigenvalue weighted by Crippen LogP contribution is 1.89. The molecule has 0 spiro atoms. The van der Waals surface area contributed by atoms with Crippen LogP contribution < -0.4 is 10.7 Å². The molecule has 2 N–H and O–H groups in total. The lowest BCUT2D eigenvalue weighted by Crippen LogP contribution is -2.28. The van der Waals surface area contributed by atoms with Crippen LogP contribution in [0.25, 0.3) is 0 Å². The molecular weight excluding hydrogens is 170 g/mol. The van der Waals surface area contributed by atoms with Gasteiger partial charge < -0.3 is 5.32 Å². The van der Waals surface area contributed by atoms with Crippen molar-refractivity contribution >= 4 is 23.0 Å². The molecule has 0 aromatic carbocycles. The fourth-order valence-corrected chi connectivity index (χ4v) is 0.691. The molecule has 0 unspecified atom stereocenters. The van der Waals surface area contributed by atoms with Crippen LogP contribution in [0.2, 0.25) is 0 Å². The third-order valence-corrected chi connectivity index (χ3v) is 1.35. The molecule has 0 fully saturated rings. The van der Waals surface area contributed by atoms with Gasteiger partial charge >= 0.3 is 0 Å². The second kappa shape index (κ2) is 5.71. The topological polar surface area (TPSA) is 36.4 Å². The Morgan fingerprint density at radius 2 is 1.92 bits per heavy atom. The number of rotatable bonds is 2. The Balaban J connectivity index is 4.02. The predicted molar refractivity (Wildman–Crippen MR) is 57.3 cm³/mol. The highest BCUT2D eigenvalue weighted by atomic mass is 32.1. The molecule has 0 aliphatic heterocycles. The van der Waals surface area contributed by atoms with Crippen molar-refractivity contribution in [1.82, 2.24) is 10.7 Å². The number of allylic oxidation sites excluding steroid dienone is 2. The smallest absolute Gasteiger partial charge is 0.186 e. The van der Waals surface area contributed by atoms with Gasteiger partial charge in [-0.1, -0.05) is 5.57 Å². The maximum Gasteiger partial charge on any atom is 0.186 e. The molecule has 4 heteroatoms. The van der Waals surface area contributed by atoms with Crippen LogP contribution in [0.15, 0.2) is 16.8 Å². The lowest BCUT2D eigenvalue weighted by atomic mass is 10.3. The Hall–Kier alpha value is -0.900. The molecule has 0 rings (SSSR count). The van der Waals surface area contributed by atoms with Gasteiger partial charge in [0.1, 0.15) is 0 Å². The summed E-state index contributed by atoms with van der Waals surface area (Å²) in [5.74, 6) is 0. The van der Waals surface area contributed by atoms with Crippen molar-refractivity contribution in [3.8, 4) is 0 Å². The van der Waals surface area contributed by atoms with Crippen LogP contribution in [0.1, 0.15) is 20.8 Å². The van der Waals surface area contributed by atoms with Gasteiger partial charge in [0.15, 0.2) is 5.11 Å². The fraction of sp³-hybridized carbons (Fsp3) is 0.500. The van der Waals surface area contributed by atoms with Crippen LogP contribution in [0.3, 0.4) is 0 Å². The van der Waals surface area contributed by atoms with E-state index in [2.05, 4.69) is 15.8 Å². The molecule has 3 nitrogen and oxygen atoms in total. The number of hydrogen-bond acceptors (Lipinski definition) is 2. The van der Waals surface area contributed by atoms with E-state index in [0.717, 1.165) is 5.71 Å². The Morgan fingerprint density at radius 1 is 1.33 bits per heavy atom. The maximum atomic E-state index is 4.84. The van der Waals surface area contributed by atoms with E-state index in [4.69, 9.17) is 12.2 Å². The van der Waals surface area contributed by atoms with Crippen LogP contribution in [-0.4, -0.2) is 17.9 Å². The molecule has 0 bridgehead atoms. The van der Waals surface area contributed by atoms with Gasteiger partial charge in [-0.05, 0) is 39.1 Å². The summed E-state index contributed by atoms with van der Waals surface area (Å²) in [6.45, 7) is 5.96. The summed E-state index contributed by atoms with van der Waals surface area (Å²) >= 11 is 4.84. The SMILES string of the molecule is CNC(=S)N/N=C(/C)C=C(C)C. The second-order valence-electron chi connectivity index (χ2n) is 2.67. The summed E-state index contributed by atoms with van der Waals surface area (Å²) in [4.78, 5) is 0. The van der Waals surface area contributed by atoms with Gasteiger partial charge in [0.25, 0.3) is 0 Å². The average molecular weight is 185 g/mol. The summed E-state index contributed by atoms with van der Waals surface area (Å²) in [5, 5.41) is 7.31. The molecule has 0 aliphatic carbocycles. The summed E-state index contributed by atoms with van der Waals surface area (Å²) < 4.78 is 0. The van der Waals surface area contributed by atoms with Gasteiger partial charge in [0.05, 0.1) is 5.71 Å². The van der Waals surface area contributed by atoms with Crippen molar-refractivity contribution in [3.63, 3.8) is 0 Å². The first-order chi connectivity index (χ1) is 5.56. The number of thiocarbonyl (C=S) groups is 1. The van der Waals surface area contributed by atoms with E-state index in [1.807, 2.05) is 26.8 Å². The largest absolute Gasteiger partial charge is 0.364 e. The van der Waals surface area contributed by atoms with E-state index in [1.54, 1.807) is 7.05 Å². The van der Waals surface area contributed by atoms with Crippen LogP contribution in [0.5, 0.6) is 0 Å². The van der Waals surface area contributed by atoms with Gasteiger partial charge in [0.2, 0.25) is 0 Å². The summed E-state index contributed by atoms with van der Waals surface area (Å²) in [7, 11) is 1.75.